The summed E-state index contributed by atoms with van der Waals surface area (Å²) in [5, 5.41) is 0. The van der Waals surface area contributed by atoms with Crippen molar-refractivity contribution in [3.8, 4) is 0 Å². The SMILES string of the molecule is CCCC[Si]([AsH2])(CC)CC. The molecular weight excluding hydrogens is 199 g/mol. The van der Waals surface area contributed by atoms with Crippen molar-refractivity contribution in [2.75, 3.05) is 0 Å². The summed E-state index contributed by atoms with van der Waals surface area (Å²) in [5.41, 5.74) is 0. The van der Waals surface area contributed by atoms with Crippen LogP contribution in [0.3, 0.4) is 0 Å². The van der Waals surface area contributed by atoms with Gasteiger partial charge in [0.05, 0.1) is 0 Å². The number of unbranched alkanes of at least 4 members (excludes halogenated alkanes) is 1. The van der Waals surface area contributed by atoms with Crippen molar-refractivity contribution in [1.29, 1.82) is 0 Å². The molecule has 0 heterocycles. The van der Waals surface area contributed by atoms with E-state index in [1.165, 1.54) is 24.9 Å². The first-order valence-electron chi connectivity index (χ1n) is 4.47. The quantitative estimate of drug-likeness (QED) is 0.624. The van der Waals surface area contributed by atoms with Crippen molar-refractivity contribution in [1.82, 2.24) is 0 Å². The molecule has 0 saturated carbocycles. The summed E-state index contributed by atoms with van der Waals surface area (Å²) in [6.07, 6.45) is 2.87. The Morgan fingerprint density at radius 2 is 1.60 bits per heavy atom. The molecule has 10 heavy (non-hydrogen) atoms. The Morgan fingerprint density at radius 1 is 1.10 bits per heavy atom. The van der Waals surface area contributed by atoms with Gasteiger partial charge in [-0.2, -0.15) is 0 Å². The molecule has 0 fully saturated rings. The monoisotopic (exact) mass is 220 g/mol. The van der Waals surface area contributed by atoms with E-state index in [0.717, 1.165) is 0 Å². The van der Waals surface area contributed by atoms with Gasteiger partial charge in [0.25, 0.3) is 0 Å². The van der Waals surface area contributed by atoms with E-state index in [9.17, 15) is 0 Å². The third-order valence-electron chi connectivity index (χ3n) is 2.44. The molecule has 1 atom stereocenters. The standard InChI is InChI=1S/C8H21AsSi/c1-4-7-8-10(9,5-2)6-3/h4-9H2,1-3H3. The maximum atomic E-state index is 2.38. The summed E-state index contributed by atoms with van der Waals surface area (Å²) in [7, 11) is 0. The average Bonchev–Trinajstić information content (AvgIpc) is 2.00. The van der Waals surface area contributed by atoms with Crippen LogP contribution < -0.4 is 0 Å². The molecule has 0 aromatic carbocycles. The van der Waals surface area contributed by atoms with Crippen LogP contribution in [0, 0.1) is 0 Å². The summed E-state index contributed by atoms with van der Waals surface area (Å²) in [6, 6.07) is 4.59. The van der Waals surface area contributed by atoms with Gasteiger partial charge in [-0.1, -0.05) is 0 Å². The molecule has 0 rings (SSSR count). The number of hydrogen-bond acceptors (Lipinski definition) is 0. The van der Waals surface area contributed by atoms with E-state index < -0.39 is 6.54 Å². The summed E-state index contributed by atoms with van der Waals surface area (Å²) >= 11 is 2.08. The summed E-state index contributed by atoms with van der Waals surface area (Å²) in [4.78, 5) is 0. The van der Waals surface area contributed by atoms with Crippen LogP contribution in [0.25, 0.3) is 0 Å². The predicted octanol–water partition coefficient (Wildman–Crippen LogP) is 2.40. The molecule has 0 nitrogen and oxygen atoms in total. The van der Waals surface area contributed by atoms with Crippen molar-refractivity contribution in [2.24, 2.45) is 0 Å². The van der Waals surface area contributed by atoms with Crippen molar-refractivity contribution < 1.29 is 0 Å². The maximum absolute atomic E-state index is 2.38. The topological polar surface area (TPSA) is 0 Å². The van der Waals surface area contributed by atoms with Gasteiger partial charge in [-0.3, -0.25) is 0 Å². The van der Waals surface area contributed by atoms with Crippen molar-refractivity contribution >= 4 is 22.7 Å². The van der Waals surface area contributed by atoms with Crippen LogP contribution in [0.4, 0.5) is 0 Å². The first-order valence-corrected chi connectivity index (χ1v) is 10.8. The number of hydrogen-bond donors (Lipinski definition) is 0. The van der Waals surface area contributed by atoms with Crippen molar-refractivity contribution in [2.45, 2.75) is 51.7 Å². The zero-order chi connectivity index (χ0) is 8.04. The molecule has 62 valence electrons. The molecule has 0 aromatic rings. The zero-order valence-electron chi connectivity index (χ0n) is 7.61. The Bertz CT molecular complexity index is 79.3. The second-order valence-corrected chi connectivity index (χ2v) is 15.5. The van der Waals surface area contributed by atoms with Crippen LogP contribution in [0.15, 0.2) is 0 Å². The van der Waals surface area contributed by atoms with Crippen LogP contribution in [-0.4, -0.2) is 22.7 Å². The third-order valence-corrected chi connectivity index (χ3v) is 13.6. The Morgan fingerprint density at radius 3 is 1.90 bits per heavy atom. The average molecular weight is 220 g/mol. The Labute approximate surface area is 74.7 Å². The van der Waals surface area contributed by atoms with Crippen molar-refractivity contribution in [3.63, 3.8) is 0 Å². The first kappa shape index (κ1) is 10.8. The Hall–Kier alpha value is 0.775. The minimum absolute atomic E-state index is 0.656. The summed E-state index contributed by atoms with van der Waals surface area (Å²) in [6.45, 7) is 6.41. The molecule has 0 aliphatic rings. The van der Waals surface area contributed by atoms with Gasteiger partial charge in [0, 0.05) is 0 Å². The predicted molar refractivity (Wildman–Crippen MR) is 55.0 cm³/mol. The van der Waals surface area contributed by atoms with Gasteiger partial charge in [-0.05, 0) is 0 Å². The second kappa shape index (κ2) is 5.43. The molecule has 0 aliphatic heterocycles. The van der Waals surface area contributed by atoms with Crippen LogP contribution in [-0.2, 0) is 0 Å². The fourth-order valence-corrected chi connectivity index (χ4v) is 4.68. The van der Waals surface area contributed by atoms with Crippen molar-refractivity contribution in [3.05, 3.63) is 0 Å². The Kier molecular flexibility index (Phi) is 5.85. The van der Waals surface area contributed by atoms with E-state index in [1.807, 2.05) is 0 Å². The van der Waals surface area contributed by atoms with E-state index >= 15 is 0 Å². The number of rotatable bonds is 5. The molecule has 1 unspecified atom stereocenters. The van der Waals surface area contributed by atoms with Gasteiger partial charge in [-0.25, -0.2) is 0 Å². The Balaban J connectivity index is 3.58. The third kappa shape index (κ3) is 3.83. The first-order chi connectivity index (χ1) is 4.68. The molecule has 0 aromatic heterocycles. The molecule has 0 spiro atoms. The molecule has 0 radical (unpaired) electrons. The van der Waals surface area contributed by atoms with Gasteiger partial charge < -0.3 is 0 Å². The fraction of sp³-hybridized carbons (Fsp3) is 1.00. The molecule has 0 N–H and O–H groups in total. The fourth-order valence-electron chi connectivity index (χ4n) is 1.13. The minimum atomic E-state index is -0.656. The van der Waals surface area contributed by atoms with Crippen LogP contribution in [0.1, 0.15) is 33.6 Å². The van der Waals surface area contributed by atoms with Gasteiger partial charge in [0.1, 0.15) is 0 Å². The van der Waals surface area contributed by atoms with E-state index in [-0.39, 0.29) is 0 Å². The van der Waals surface area contributed by atoms with Gasteiger partial charge in [0.2, 0.25) is 0 Å². The van der Waals surface area contributed by atoms with Gasteiger partial charge in [0.15, 0.2) is 0 Å². The van der Waals surface area contributed by atoms with E-state index in [4.69, 9.17) is 0 Å². The van der Waals surface area contributed by atoms with E-state index in [1.54, 1.807) is 6.04 Å². The van der Waals surface area contributed by atoms with Crippen LogP contribution in [0.2, 0.25) is 18.1 Å². The van der Waals surface area contributed by atoms with E-state index in [2.05, 4.69) is 37.0 Å². The van der Waals surface area contributed by atoms with Crippen LogP contribution >= 0.6 is 0 Å². The van der Waals surface area contributed by atoms with Crippen LogP contribution in [0.5, 0.6) is 0 Å². The second-order valence-electron chi connectivity index (χ2n) is 3.17. The molecule has 0 bridgehead atoms. The molecule has 0 amide bonds. The molecule has 0 aliphatic carbocycles. The van der Waals surface area contributed by atoms with Gasteiger partial charge >= 0.3 is 74.5 Å². The summed E-state index contributed by atoms with van der Waals surface area (Å²) < 4.78 is 0. The summed E-state index contributed by atoms with van der Waals surface area (Å²) in [5.74, 6) is 0. The van der Waals surface area contributed by atoms with E-state index in [0.29, 0.717) is 0 Å². The molecule has 0 saturated heterocycles. The zero-order valence-corrected chi connectivity index (χ0v) is 11.0. The molecular formula is C8H21AsSi. The normalized spacial score (nSPS) is 12.0. The molecule has 2 heteroatoms. The van der Waals surface area contributed by atoms with Gasteiger partial charge in [-0.15, -0.1) is 0 Å².